The molecule has 4 N–H and O–H groups in total. The Labute approximate surface area is 178 Å². The number of amides is 2. The van der Waals surface area contributed by atoms with Crippen LogP contribution in [0.15, 0.2) is 0 Å². The van der Waals surface area contributed by atoms with E-state index in [9.17, 15) is 14.4 Å². The maximum atomic E-state index is 11.6. The molecule has 0 fully saturated rings. The van der Waals surface area contributed by atoms with Crippen LogP contribution in [0.4, 0.5) is 0 Å². The van der Waals surface area contributed by atoms with Gasteiger partial charge >= 0.3 is 5.97 Å². The van der Waals surface area contributed by atoms with Gasteiger partial charge in [-0.1, -0.05) is 19.3 Å². The highest BCUT2D eigenvalue weighted by atomic mass is 16.5. The molecule has 0 aliphatic carbocycles. The summed E-state index contributed by atoms with van der Waals surface area (Å²) in [6, 6.07) is 0. The van der Waals surface area contributed by atoms with Gasteiger partial charge in [0.1, 0.15) is 0 Å². The summed E-state index contributed by atoms with van der Waals surface area (Å²) in [5, 5.41) is 22.6. The molecule has 0 aromatic carbocycles. The minimum absolute atomic E-state index is 0.0405. The number of unbranched alkanes of at least 4 members (excludes halogenated alkanes) is 4. The van der Waals surface area contributed by atoms with Crippen molar-refractivity contribution >= 4 is 17.8 Å². The van der Waals surface area contributed by atoms with Crippen LogP contribution in [0.1, 0.15) is 51.4 Å². The van der Waals surface area contributed by atoms with Gasteiger partial charge < -0.3 is 35.1 Å². The maximum Gasteiger partial charge on any atom is 0.303 e. The maximum absolute atomic E-state index is 11.6. The number of aliphatic carboxylic acids is 1. The molecule has 10 heteroatoms. The standard InChI is InChI=1S/C20H38N2O8/c23-11-7-18(24)22-10-13-29-15-17-30-16-14-28-12-8-19(25)21-9-5-3-1-2-4-6-20(26)27/h23H,1-17H2,(H,21,25)(H,22,24)(H,26,27). The van der Waals surface area contributed by atoms with Gasteiger partial charge in [-0.05, 0) is 12.8 Å². The van der Waals surface area contributed by atoms with Crippen molar-refractivity contribution in [2.24, 2.45) is 0 Å². The highest BCUT2D eigenvalue weighted by Crippen LogP contribution is 2.04. The van der Waals surface area contributed by atoms with Crippen LogP contribution in [0.25, 0.3) is 0 Å². The predicted molar refractivity (Wildman–Crippen MR) is 110 cm³/mol. The lowest BCUT2D eigenvalue weighted by Crippen LogP contribution is -2.28. The van der Waals surface area contributed by atoms with Crippen molar-refractivity contribution in [3.05, 3.63) is 0 Å². The van der Waals surface area contributed by atoms with Gasteiger partial charge in [-0.15, -0.1) is 0 Å². The number of aliphatic hydroxyl groups excluding tert-OH is 1. The quantitative estimate of drug-likeness (QED) is 0.180. The molecule has 30 heavy (non-hydrogen) atoms. The van der Waals surface area contributed by atoms with Crippen LogP contribution in [-0.2, 0) is 28.6 Å². The molecule has 176 valence electrons. The highest BCUT2D eigenvalue weighted by Gasteiger charge is 2.01. The van der Waals surface area contributed by atoms with Crippen molar-refractivity contribution in [3.63, 3.8) is 0 Å². The fraction of sp³-hybridized carbons (Fsp3) is 0.850. The second-order valence-corrected chi connectivity index (χ2v) is 6.67. The molecule has 0 aliphatic heterocycles. The third-order valence-electron chi connectivity index (χ3n) is 4.01. The number of hydrogen-bond acceptors (Lipinski definition) is 7. The van der Waals surface area contributed by atoms with E-state index < -0.39 is 5.97 Å². The number of aliphatic hydroxyl groups is 1. The number of rotatable bonds is 22. The molecule has 0 saturated carbocycles. The molecule has 0 bridgehead atoms. The van der Waals surface area contributed by atoms with E-state index in [1.54, 1.807) is 0 Å². The van der Waals surface area contributed by atoms with E-state index in [0.717, 1.165) is 25.7 Å². The van der Waals surface area contributed by atoms with Crippen molar-refractivity contribution in [1.29, 1.82) is 0 Å². The summed E-state index contributed by atoms with van der Waals surface area (Å²) >= 11 is 0. The third-order valence-corrected chi connectivity index (χ3v) is 4.01. The van der Waals surface area contributed by atoms with Crippen LogP contribution in [0.3, 0.4) is 0 Å². The summed E-state index contributed by atoms with van der Waals surface area (Å²) in [5.41, 5.74) is 0. The monoisotopic (exact) mass is 434 g/mol. The first-order valence-electron chi connectivity index (χ1n) is 10.7. The van der Waals surface area contributed by atoms with E-state index >= 15 is 0 Å². The molecule has 0 atom stereocenters. The van der Waals surface area contributed by atoms with Gasteiger partial charge in [0.15, 0.2) is 0 Å². The van der Waals surface area contributed by atoms with Gasteiger partial charge in [-0.3, -0.25) is 14.4 Å². The molecule has 0 heterocycles. The summed E-state index contributed by atoms with van der Waals surface area (Å²) in [5.74, 6) is -0.992. The molecule has 2 amide bonds. The number of carbonyl (C=O) groups is 3. The molecule has 0 rings (SSSR count). The Morgan fingerprint density at radius 3 is 1.80 bits per heavy atom. The molecule has 0 saturated heterocycles. The van der Waals surface area contributed by atoms with Crippen molar-refractivity contribution in [3.8, 4) is 0 Å². The molecule has 0 radical (unpaired) electrons. The molecule has 0 unspecified atom stereocenters. The Kier molecular flexibility index (Phi) is 20.7. The fourth-order valence-corrected chi connectivity index (χ4v) is 2.41. The SMILES string of the molecule is O=C(O)CCCCCCCNC(=O)CCOCCOCCOCCNC(=O)CCO. The second kappa shape index (κ2) is 21.9. The van der Waals surface area contributed by atoms with Crippen molar-refractivity contribution in [1.82, 2.24) is 10.6 Å². The van der Waals surface area contributed by atoms with Gasteiger partial charge in [0.05, 0.1) is 46.2 Å². The number of carboxylic acid groups (broad SMARTS) is 1. The number of ether oxygens (including phenoxy) is 3. The second-order valence-electron chi connectivity index (χ2n) is 6.67. The van der Waals surface area contributed by atoms with Gasteiger partial charge in [0.2, 0.25) is 11.8 Å². The lowest BCUT2D eigenvalue weighted by Gasteiger charge is -2.08. The van der Waals surface area contributed by atoms with Crippen LogP contribution in [0.5, 0.6) is 0 Å². The van der Waals surface area contributed by atoms with Crippen molar-refractivity contribution in [2.45, 2.75) is 51.4 Å². The van der Waals surface area contributed by atoms with Gasteiger partial charge in [-0.2, -0.15) is 0 Å². The molecule has 0 aliphatic rings. The first-order chi connectivity index (χ1) is 14.6. The Bertz CT molecular complexity index is 449. The number of carboxylic acids is 1. The normalized spacial score (nSPS) is 10.7. The van der Waals surface area contributed by atoms with E-state index in [-0.39, 0.29) is 31.3 Å². The minimum Gasteiger partial charge on any atom is -0.481 e. The smallest absolute Gasteiger partial charge is 0.303 e. The molecule has 0 aromatic rings. The lowest BCUT2D eigenvalue weighted by atomic mass is 10.1. The highest BCUT2D eigenvalue weighted by molar-refractivity contribution is 5.76. The topological polar surface area (TPSA) is 143 Å². The van der Waals surface area contributed by atoms with Gasteiger partial charge in [-0.25, -0.2) is 0 Å². The summed E-state index contributed by atoms with van der Waals surface area (Å²) in [4.78, 5) is 33.1. The first-order valence-corrected chi connectivity index (χ1v) is 10.7. The van der Waals surface area contributed by atoms with E-state index in [2.05, 4.69) is 10.6 Å². The summed E-state index contributed by atoms with van der Waals surface area (Å²) in [7, 11) is 0. The lowest BCUT2D eigenvalue weighted by molar-refractivity contribution is -0.137. The van der Waals surface area contributed by atoms with E-state index in [4.69, 9.17) is 24.4 Å². The molecular weight excluding hydrogens is 396 g/mol. The van der Waals surface area contributed by atoms with E-state index in [1.807, 2.05) is 0 Å². The van der Waals surface area contributed by atoms with Crippen LogP contribution in [0.2, 0.25) is 0 Å². The summed E-state index contributed by atoms with van der Waals surface area (Å²) in [6.07, 6.45) is 5.11. The Balaban J connectivity index is 3.21. The molecule has 0 spiro atoms. The zero-order valence-corrected chi connectivity index (χ0v) is 17.9. The zero-order valence-electron chi connectivity index (χ0n) is 17.9. The third kappa shape index (κ3) is 22.5. The zero-order chi connectivity index (χ0) is 22.3. The van der Waals surface area contributed by atoms with Gasteiger partial charge in [0.25, 0.3) is 0 Å². The average Bonchev–Trinajstić information content (AvgIpc) is 2.70. The Hall–Kier alpha value is -1.75. The van der Waals surface area contributed by atoms with Crippen LogP contribution in [-0.4, -0.2) is 87.3 Å². The predicted octanol–water partition coefficient (Wildman–Crippen LogP) is 0.466. The van der Waals surface area contributed by atoms with Crippen molar-refractivity contribution < 1.29 is 38.8 Å². The first kappa shape index (κ1) is 28.2. The number of nitrogens with one attached hydrogen (secondary N) is 2. The Morgan fingerprint density at radius 1 is 0.600 bits per heavy atom. The summed E-state index contributed by atoms with van der Waals surface area (Å²) < 4.78 is 16.0. The Morgan fingerprint density at radius 2 is 1.13 bits per heavy atom. The molecule has 10 nitrogen and oxygen atoms in total. The average molecular weight is 435 g/mol. The minimum atomic E-state index is -0.750. The van der Waals surface area contributed by atoms with Gasteiger partial charge in [0, 0.05) is 32.4 Å². The van der Waals surface area contributed by atoms with E-state index in [1.165, 1.54) is 0 Å². The van der Waals surface area contributed by atoms with E-state index in [0.29, 0.717) is 65.6 Å². The van der Waals surface area contributed by atoms with Crippen LogP contribution < -0.4 is 10.6 Å². The van der Waals surface area contributed by atoms with Crippen LogP contribution in [0, 0.1) is 0 Å². The summed E-state index contributed by atoms with van der Waals surface area (Å²) in [6.45, 7) is 3.25. The number of carbonyl (C=O) groups excluding carboxylic acids is 2. The molecule has 0 aromatic heterocycles. The molecular formula is C20H38N2O8. The van der Waals surface area contributed by atoms with Crippen LogP contribution >= 0.6 is 0 Å². The van der Waals surface area contributed by atoms with Crippen molar-refractivity contribution in [2.75, 3.05) is 59.3 Å². The largest absolute Gasteiger partial charge is 0.481 e. The fourth-order valence-electron chi connectivity index (χ4n) is 2.41. The number of hydrogen-bond donors (Lipinski definition) is 4.